The molecule has 0 radical (unpaired) electrons. The lowest BCUT2D eigenvalue weighted by Crippen LogP contribution is -2.33. The maximum absolute atomic E-state index is 12.1. The number of aryl methyl sites for hydroxylation is 1. The summed E-state index contributed by atoms with van der Waals surface area (Å²) in [5.41, 5.74) is 8.40. The summed E-state index contributed by atoms with van der Waals surface area (Å²) >= 11 is 0. The number of H-pyrrole nitrogens is 1. The Bertz CT molecular complexity index is 993. The van der Waals surface area contributed by atoms with Crippen molar-refractivity contribution in [2.24, 2.45) is 5.11 Å². The third kappa shape index (κ3) is 4.08. The number of rotatable bonds is 5. The maximum Gasteiger partial charge on any atom is 0.338 e. The van der Waals surface area contributed by atoms with Crippen LogP contribution in [0.25, 0.3) is 10.4 Å². The Morgan fingerprint density at radius 2 is 2.15 bits per heavy atom. The van der Waals surface area contributed by atoms with Crippen molar-refractivity contribution in [2.75, 3.05) is 6.61 Å². The van der Waals surface area contributed by atoms with Crippen LogP contribution in [-0.4, -0.2) is 34.3 Å². The molecule has 1 aromatic heterocycles. The lowest BCUT2D eigenvalue weighted by atomic mass is 10.1. The first kappa shape index (κ1) is 18.4. The Morgan fingerprint density at radius 1 is 1.41 bits per heavy atom. The van der Waals surface area contributed by atoms with Crippen LogP contribution in [0.2, 0.25) is 0 Å². The van der Waals surface area contributed by atoms with Gasteiger partial charge in [0.15, 0.2) is 0 Å². The second-order valence-electron chi connectivity index (χ2n) is 6.08. The van der Waals surface area contributed by atoms with Crippen LogP contribution >= 0.6 is 0 Å². The molecule has 1 aromatic carbocycles. The van der Waals surface area contributed by atoms with Gasteiger partial charge in [-0.05, 0) is 24.6 Å². The highest BCUT2D eigenvalue weighted by Gasteiger charge is 2.37. The fourth-order valence-electron chi connectivity index (χ4n) is 2.84. The quantitative estimate of drug-likeness (QED) is 0.368. The highest BCUT2D eigenvalue weighted by Crippen LogP contribution is 2.30. The zero-order chi connectivity index (χ0) is 19.4. The van der Waals surface area contributed by atoms with Gasteiger partial charge in [0.2, 0.25) is 0 Å². The fourth-order valence-corrected chi connectivity index (χ4v) is 2.84. The van der Waals surface area contributed by atoms with E-state index >= 15 is 0 Å². The van der Waals surface area contributed by atoms with Crippen LogP contribution in [0.4, 0.5) is 0 Å². The van der Waals surface area contributed by atoms with Gasteiger partial charge in [0, 0.05) is 23.1 Å². The van der Waals surface area contributed by atoms with Gasteiger partial charge in [-0.25, -0.2) is 9.59 Å². The summed E-state index contributed by atoms with van der Waals surface area (Å²) in [6, 6.07) is 7.83. The van der Waals surface area contributed by atoms with Gasteiger partial charge in [0.05, 0.1) is 11.6 Å². The van der Waals surface area contributed by atoms with Crippen LogP contribution in [0, 0.1) is 6.92 Å². The van der Waals surface area contributed by atoms with E-state index in [0.29, 0.717) is 11.1 Å². The predicted molar refractivity (Wildman–Crippen MR) is 94.2 cm³/mol. The van der Waals surface area contributed by atoms with Gasteiger partial charge < -0.3 is 9.47 Å². The average molecular weight is 371 g/mol. The number of benzene rings is 1. The van der Waals surface area contributed by atoms with Crippen LogP contribution in [0.1, 0.15) is 28.6 Å². The number of carbonyl (C=O) groups is 1. The van der Waals surface area contributed by atoms with Crippen LogP contribution in [-0.2, 0) is 9.47 Å². The Labute approximate surface area is 153 Å². The fraction of sp³-hybridized carbons (Fsp3) is 0.353. The molecule has 140 valence electrons. The van der Waals surface area contributed by atoms with Gasteiger partial charge in [-0.1, -0.05) is 23.3 Å². The van der Waals surface area contributed by atoms with E-state index in [1.165, 1.54) is 10.8 Å². The summed E-state index contributed by atoms with van der Waals surface area (Å²) in [6.07, 6.45) is 0.141. The molecule has 1 N–H and O–H groups in total. The van der Waals surface area contributed by atoms with E-state index in [1.807, 2.05) is 0 Å². The predicted octanol–water partition coefficient (Wildman–Crippen LogP) is 1.67. The number of azide groups is 1. The number of hydrogen-bond acceptors (Lipinski definition) is 6. The minimum atomic E-state index is -0.746. The number of aromatic amines is 1. The van der Waals surface area contributed by atoms with Gasteiger partial charge in [0.25, 0.3) is 5.56 Å². The largest absolute Gasteiger partial charge is 0.459 e. The number of ether oxygens (including phenoxy) is 2. The van der Waals surface area contributed by atoms with E-state index in [4.69, 9.17) is 15.0 Å². The molecule has 3 rings (SSSR count). The monoisotopic (exact) mass is 371 g/mol. The Morgan fingerprint density at radius 3 is 2.85 bits per heavy atom. The number of nitrogens with one attached hydrogen (secondary N) is 1. The van der Waals surface area contributed by atoms with Gasteiger partial charge in [-0.2, -0.15) is 0 Å². The summed E-state index contributed by atoms with van der Waals surface area (Å²) in [5.74, 6) is -0.528. The minimum Gasteiger partial charge on any atom is -0.459 e. The van der Waals surface area contributed by atoms with Crippen molar-refractivity contribution in [3.8, 4) is 0 Å². The minimum absolute atomic E-state index is 0.134. The molecule has 10 nitrogen and oxygen atoms in total. The van der Waals surface area contributed by atoms with Crippen LogP contribution in [0.5, 0.6) is 0 Å². The Hall–Kier alpha value is -3.36. The molecule has 1 fully saturated rings. The normalized spacial score (nSPS) is 21.4. The van der Waals surface area contributed by atoms with E-state index in [2.05, 4.69) is 15.0 Å². The molecule has 10 heteroatoms. The van der Waals surface area contributed by atoms with Crippen molar-refractivity contribution in [1.82, 2.24) is 9.55 Å². The van der Waals surface area contributed by atoms with Crippen molar-refractivity contribution in [3.05, 3.63) is 78.9 Å². The topological polar surface area (TPSA) is 139 Å². The molecule has 1 aliphatic heterocycles. The average Bonchev–Trinajstić information content (AvgIpc) is 3.06. The molecular formula is C17H17N5O5. The van der Waals surface area contributed by atoms with E-state index in [9.17, 15) is 14.4 Å². The van der Waals surface area contributed by atoms with Crippen molar-refractivity contribution >= 4 is 5.97 Å². The second kappa shape index (κ2) is 7.90. The first-order valence-electron chi connectivity index (χ1n) is 8.23. The molecule has 0 spiro atoms. The molecule has 0 bridgehead atoms. The molecule has 2 aromatic rings. The molecule has 1 unspecified atom stereocenters. The van der Waals surface area contributed by atoms with Gasteiger partial charge in [0.1, 0.15) is 18.9 Å². The molecule has 1 aliphatic rings. The smallest absolute Gasteiger partial charge is 0.338 e. The zero-order valence-corrected chi connectivity index (χ0v) is 14.4. The SMILES string of the molecule is Cc1cn([C@H]2CC(N=[N+]=[N-])[C@@H](COC(=O)c3ccccc3)O2)c(=O)[nH]c1=O. The lowest BCUT2D eigenvalue weighted by Gasteiger charge is -2.16. The van der Waals surface area contributed by atoms with Crippen molar-refractivity contribution in [2.45, 2.75) is 31.7 Å². The highest BCUT2D eigenvalue weighted by atomic mass is 16.6. The lowest BCUT2D eigenvalue weighted by molar-refractivity contribution is -0.0363. The van der Waals surface area contributed by atoms with Crippen molar-refractivity contribution < 1.29 is 14.3 Å². The van der Waals surface area contributed by atoms with Gasteiger partial charge in [-0.15, -0.1) is 0 Å². The summed E-state index contributed by atoms with van der Waals surface area (Å²) in [7, 11) is 0. The number of nitrogens with zero attached hydrogens (tertiary/aromatic N) is 4. The first-order chi connectivity index (χ1) is 13.0. The van der Waals surface area contributed by atoms with Crippen LogP contribution in [0.3, 0.4) is 0 Å². The third-order valence-corrected chi connectivity index (χ3v) is 4.25. The number of esters is 1. The molecular weight excluding hydrogens is 354 g/mol. The Balaban J connectivity index is 1.74. The van der Waals surface area contributed by atoms with Crippen LogP contribution in [0.15, 0.2) is 51.2 Å². The Kier molecular flexibility index (Phi) is 5.39. The molecule has 3 atom stereocenters. The second-order valence-corrected chi connectivity index (χ2v) is 6.08. The van der Waals surface area contributed by atoms with Crippen LogP contribution < -0.4 is 11.2 Å². The third-order valence-electron chi connectivity index (χ3n) is 4.25. The highest BCUT2D eigenvalue weighted by molar-refractivity contribution is 5.89. The maximum atomic E-state index is 12.1. The molecule has 27 heavy (non-hydrogen) atoms. The summed E-state index contributed by atoms with van der Waals surface area (Å²) in [4.78, 5) is 40.6. The molecule has 0 saturated carbocycles. The standard InChI is InChI=1S/C17H17N5O5/c1-10-8-22(17(25)19-15(10)23)14-7-12(20-21-18)13(27-14)9-26-16(24)11-5-3-2-4-6-11/h2-6,8,12-14H,7,9H2,1H3,(H,19,23,25)/t12?,13-,14-/m1/s1. The number of hydrogen-bond donors (Lipinski definition) is 1. The van der Waals surface area contributed by atoms with E-state index in [-0.39, 0.29) is 13.0 Å². The molecule has 2 heterocycles. The summed E-state index contributed by atoms with van der Waals surface area (Å²) < 4.78 is 12.3. The number of carbonyl (C=O) groups excluding carboxylic acids is 1. The zero-order valence-electron chi connectivity index (χ0n) is 14.4. The number of aromatic nitrogens is 2. The molecule has 0 amide bonds. The first-order valence-corrected chi connectivity index (χ1v) is 8.23. The van der Waals surface area contributed by atoms with Gasteiger partial charge in [-0.3, -0.25) is 14.3 Å². The molecule has 1 saturated heterocycles. The van der Waals surface area contributed by atoms with Crippen molar-refractivity contribution in [3.63, 3.8) is 0 Å². The van der Waals surface area contributed by atoms with E-state index < -0.39 is 35.6 Å². The van der Waals surface area contributed by atoms with Crippen molar-refractivity contribution in [1.29, 1.82) is 0 Å². The summed E-state index contributed by atoms with van der Waals surface area (Å²) in [5, 5.41) is 3.68. The summed E-state index contributed by atoms with van der Waals surface area (Å²) in [6.45, 7) is 1.43. The van der Waals surface area contributed by atoms with E-state index in [1.54, 1.807) is 37.3 Å². The molecule has 0 aliphatic carbocycles. The van der Waals surface area contributed by atoms with E-state index in [0.717, 1.165) is 0 Å². The van der Waals surface area contributed by atoms with Gasteiger partial charge >= 0.3 is 11.7 Å².